The highest BCUT2D eigenvalue weighted by Crippen LogP contribution is 2.27. The molecule has 1 fully saturated rings. The summed E-state index contributed by atoms with van der Waals surface area (Å²) in [5.74, 6) is -0.528. The van der Waals surface area contributed by atoms with E-state index in [-0.39, 0.29) is 10.9 Å². The lowest BCUT2D eigenvalue weighted by atomic mass is 10.1. The zero-order chi connectivity index (χ0) is 16.6. The van der Waals surface area contributed by atoms with E-state index in [1.54, 1.807) is 13.1 Å². The van der Waals surface area contributed by atoms with Crippen LogP contribution in [0.15, 0.2) is 35.5 Å². The maximum atomic E-state index is 13.6. The molecule has 1 atom stereocenters. The van der Waals surface area contributed by atoms with Gasteiger partial charge in [-0.1, -0.05) is 0 Å². The normalized spacial score (nSPS) is 19.9. The van der Waals surface area contributed by atoms with E-state index in [9.17, 15) is 12.8 Å². The van der Waals surface area contributed by atoms with Gasteiger partial charge in [0.05, 0.1) is 17.1 Å². The molecular formula is C16H20FN3O2S. The monoisotopic (exact) mass is 337 g/mol. The van der Waals surface area contributed by atoms with Gasteiger partial charge in [0.1, 0.15) is 5.82 Å². The number of hydrogen-bond donors (Lipinski definition) is 0. The number of piperidine rings is 1. The van der Waals surface area contributed by atoms with E-state index in [1.165, 1.54) is 16.4 Å². The van der Waals surface area contributed by atoms with Gasteiger partial charge in [-0.3, -0.25) is 4.68 Å². The zero-order valence-electron chi connectivity index (χ0n) is 13.2. The second-order valence-electron chi connectivity index (χ2n) is 6.12. The Morgan fingerprint density at radius 3 is 2.65 bits per heavy atom. The molecule has 0 radical (unpaired) electrons. The topological polar surface area (TPSA) is 55.2 Å². The van der Waals surface area contributed by atoms with Crippen molar-refractivity contribution in [3.8, 4) is 0 Å². The highest BCUT2D eigenvalue weighted by molar-refractivity contribution is 7.89. The largest absolute Gasteiger partial charge is 0.268 e. The number of rotatable bonds is 3. The van der Waals surface area contributed by atoms with Crippen LogP contribution in [0.2, 0.25) is 0 Å². The Balaban J connectivity index is 1.87. The lowest BCUT2D eigenvalue weighted by Crippen LogP contribution is -2.40. The first-order valence-corrected chi connectivity index (χ1v) is 9.08. The van der Waals surface area contributed by atoms with E-state index in [0.29, 0.717) is 18.7 Å². The van der Waals surface area contributed by atoms with Crippen molar-refractivity contribution in [1.29, 1.82) is 0 Å². The quantitative estimate of drug-likeness (QED) is 0.865. The van der Waals surface area contributed by atoms with E-state index in [0.717, 1.165) is 24.5 Å². The number of hydrogen-bond acceptors (Lipinski definition) is 3. The Kier molecular flexibility index (Phi) is 4.25. The van der Waals surface area contributed by atoms with E-state index >= 15 is 0 Å². The van der Waals surface area contributed by atoms with Crippen molar-refractivity contribution in [2.24, 2.45) is 0 Å². The van der Waals surface area contributed by atoms with Crippen molar-refractivity contribution in [1.82, 2.24) is 14.1 Å². The molecule has 1 aliphatic heterocycles. The van der Waals surface area contributed by atoms with E-state index in [2.05, 4.69) is 5.10 Å². The fourth-order valence-corrected chi connectivity index (χ4v) is 4.62. The van der Waals surface area contributed by atoms with Gasteiger partial charge in [-0.15, -0.1) is 0 Å². The van der Waals surface area contributed by atoms with Gasteiger partial charge in [0.15, 0.2) is 0 Å². The minimum Gasteiger partial charge on any atom is -0.268 e. The summed E-state index contributed by atoms with van der Waals surface area (Å²) in [7, 11) is -3.69. The molecule has 0 N–H and O–H groups in total. The summed E-state index contributed by atoms with van der Waals surface area (Å²) in [4.78, 5) is 0.0206. The number of benzene rings is 1. The smallest absolute Gasteiger partial charge is 0.243 e. The molecule has 0 aliphatic carbocycles. The molecule has 0 bridgehead atoms. The van der Waals surface area contributed by atoms with Gasteiger partial charge < -0.3 is 0 Å². The Morgan fingerprint density at radius 2 is 2.00 bits per heavy atom. The molecule has 2 heterocycles. The van der Waals surface area contributed by atoms with Crippen molar-refractivity contribution in [3.63, 3.8) is 0 Å². The summed E-state index contributed by atoms with van der Waals surface area (Å²) in [5.41, 5.74) is 1.64. The summed E-state index contributed by atoms with van der Waals surface area (Å²) in [5, 5.41) is 4.29. The van der Waals surface area contributed by atoms with E-state index in [1.807, 2.05) is 17.8 Å². The number of sulfonamides is 1. The van der Waals surface area contributed by atoms with Crippen molar-refractivity contribution in [2.45, 2.75) is 37.6 Å². The van der Waals surface area contributed by atoms with Gasteiger partial charge in [0, 0.05) is 19.3 Å². The lowest BCUT2D eigenvalue weighted by molar-refractivity contribution is 0.253. The molecule has 1 unspecified atom stereocenters. The Morgan fingerprint density at radius 1 is 1.22 bits per heavy atom. The highest BCUT2D eigenvalue weighted by atomic mass is 32.2. The van der Waals surface area contributed by atoms with Crippen molar-refractivity contribution in [3.05, 3.63) is 47.5 Å². The SMILES string of the molecule is Cc1cc(F)cc(S(=O)(=O)N2CCCC(n3cc(C)cn3)C2)c1. The lowest BCUT2D eigenvalue weighted by Gasteiger charge is -2.32. The first kappa shape index (κ1) is 16.1. The summed E-state index contributed by atoms with van der Waals surface area (Å²) in [6.07, 6.45) is 5.34. The Labute approximate surface area is 135 Å². The predicted octanol–water partition coefficient (Wildman–Crippen LogP) is 2.66. The van der Waals surface area contributed by atoms with Gasteiger partial charge in [0.25, 0.3) is 0 Å². The molecule has 23 heavy (non-hydrogen) atoms. The highest BCUT2D eigenvalue weighted by Gasteiger charge is 2.31. The molecular weight excluding hydrogens is 317 g/mol. The average Bonchev–Trinajstić information content (AvgIpc) is 2.93. The molecule has 0 saturated carbocycles. The first-order valence-electron chi connectivity index (χ1n) is 7.64. The van der Waals surface area contributed by atoms with Crippen LogP contribution in [0.3, 0.4) is 0 Å². The van der Waals surface area contributed by atoms with Gasteiger partial charge in [-0.25, -0.2) is 12.8 Å². The van der Waals surface area contributed by atoms with Crippen LogP contribution in [0.5, 0.6) is 0 Å². The molecule has 3 rings (SSSR count). The van der Waals surface area contributed by atoms with Gasteiger partial charge in [-0.05, 0) is 56.0 Å². The van der Waals surface area contributed by atoms with Crippen LogP contribution in [-0.4, -0.2) is 35.6 Å². The molecule has 124 valence electrons. The summed E-state index contributed by atoms with van der Waals surface area (Å²) >= 11 is 0. The Bertz CT molecular complexity index is 796. The maximum absolute atomic E-state index is 13.6. The van der Waals surface area contributed by atoms with Gasteiger partial charge >= 0.3 is 0 Å². The van der Waals surface area contributed by atoms with Crippen LogP contribution in [0.4, 0.5) is 4.39 Å². The summed E-state index contributed by atoms with van der Waals surface area (Å²) < 4.78 is 42.4. The Hall–Kier alpha value is -1.73. The number of aryl methyl sites for hydroxylation is 2. The van der Waals surface area contributed by atoms with Crippen LogP contribution < -0.4 is 0 Å². The van der Waals surface area contributed by atoms with Crippen LogP contribution in [0.1, 0.15) is 30.0 Å². The molecule has 2 aromatic rings. The molecule has 7 heteroatoms. The molecule has 5 nitrogen and oxygen atoms in total. The number of aromatic nitrogens is 2. The summed E-state index contributed by atoms with van der Waals surface area (Å²) in [6, 6.07) is 3.94. The molecule has 1 saturated heterocycles. The fourth-order valence-electron chi connectivity index (χ4n) is 2.99. The van der Waals surface area contributed by atoms with Crippen LogP contribution in [0, 0.1) is 19.7 Å². The third-order valence-electron chi connectivity index (χ3n) is 4.12. The second-order valence-corrected chi connectivity index (χ2v) is 8.06. The molecule has 0 spiro atoms. The summed E-state index contributed by atoms with van der Waals surface area (Å²) in [6.45, 7) is 4.46. The molecule has 1 aromatic heterocycles. The molecule has 1 aromatic carbocycles. The van der Waals surface area contributed by atoms with Crippen molar-refractivity contribution >= 4 is 10.0 Å². The van der Waals surface area contributed by atoms with Crippen molar-refractivity contribution in [2.75, 3.05) is 13.1 Å². The van der Waals surface area contributed by atoms with E-state index < -0.39 is 15.8 Å². The first-order chi connectivity index (χ1) is 10.9. The number of nitrogens with zero attached hydrogens (tertiary/aromatic N) is 3. The number of halogens is 1. The standard InChI is InChI=1S/C16H20FN3O2S/c1-12-6-14(17)8-16(7-12)23(21,22)19-5-3-4-15(11-19)20-10-13(2)9-18-20/h6-10,15H,3-5,11H2,1-2H3. The zero-order valence-corrected chi connectivity index (χ0v) is 14.1. The van der Waals surface area contributed by atoms with Gasteiger partial charge in [-0.2, -0.15) is 9.40 Å². The maximum Gasteiger partial charge on any atom is 0.243 e. The van der Waals surface area contributed by atoms with Crippen LogP contribution in [0.25, 0.3) is 0 Å². The van der Waals surface area contributed by atoms with Crippen molar-refractivity contribution < 1.29 is 12.8 Å². The van der Waals surface area contributed by atoms with Crippen LogP contribution >= 0.6 is 0 Å². The molecule has 0 amide bonds. The third kappa shape index (κ3) is 3.30. The second kappa shape index (κ2) is 6.05. The minimum absolute atomic E-state index is 0.0156. The predicted molar refractivity (Wildman–Crippen MR) is 85.1 cm³/mol. The average molecular weight is 337 g/mol. The molecule has 1 aliphatic rings. The minimum atomic E-state index is -3.69. The van der Waals surface area contributed by atoms with Crippen LogP contribution in [-0.2, 0) is 10.0 Å². The fraction of sp³-hybridized carbons (Fsp3) is 0.438. The van der Waals surface area contributed by atoms with Gasteiger partial charge in [0.2, 0.25) is 10.0 Å². The van der Waals surface area contributed by atoms with E-state index in [4.69, 9.17) is 0 Å². The third-order valence-corrected chi connectivity index (χ3v) is 5.96.